The fourth-order valence-electron chi connectivity index (χ4n) is 4.14. The molecule has 2 aromatic carbocycles. The van der Waals surface area contributed by atoms with Gasteiger partial charge in [-0.1, -0.05) is 45.9 Å². The average Bonchev–Trinajstić information content (AvgIpc) is 2.92. The Bertz CT molecular complexity index is 1530. The number of fused-ring (bicyclic) bond motifs is 1. The lowest BCUT2D eigenvalue weighted by Gasteiger charge is -2.29. The van der Waals surface area contributed by atoms with Gasteiger partial charge >= 0.3 is 17.1 Å². The molecule has 0 aliphatic rings. The number of hydrogen-bond acceptors (Lipinski definition) is 7. The molecule has 3 rings (SSSR count). The Morgan fingerprint density at radius 1 is 0.925 bits per heavy atom. The summed E-state index contributed by atoms with van der Waals surface area (Å²) in [5.41, 5.74) is -3.78. The van der Waals surface area contributed by atoms with Crippen LogP contribution in [0.3, 0.4) is 0 Å². The molecular formula is C30H41N3O7. The Kier molecular flexibility index (Phi) is 9.48. The summed E-state index contributed by atoms with van der Waals surface area (Å²) in [6.07, 6.45) is 0.352. The van der Waals surface area contributed by atoms with Crippen LogP contribution in [-0.4, -0.2) is 43.2 Å². The Hall–Kier alpha value is -3.63. The van der Waals surface area contributed by atoms with Crippen LogP contribution in [0.2, 0.25) is 0 Å². The summed E-state index contributed by atoms with van der Waals surface area (Å²) in [5.74, 6) is 1.02. The number of benzene rings is 2. The van der Waals surface area contributed by atoms with Gasteiger partial charge in [-0.25, -0.2) is 28.1 Å². The summed E-state index contributed by atoms with van der Waals surface area (Å²) in [4.78, 5) is 39.3. The van der Waals surface area contributed by atoms with Crippen molar-refractivity contribution in [3.05, 3.63) is 80.5 Å². The van der Waals surface area contributed by atoms with E-state index in [0.29, 0.717) is 22.5 Å². The van der Waals surface area contributed by atoms with Crippen LogP contribution in [0.25, 0.3) is 10.8 Å². The molecule has 0 saturated carbocycles. The molecule has 0 spiro atoms. The topological polar surface area (TPSA) is 125 Å². The molecule has 0 aliphatic carbocycles. The number of aromatic nitrogens is 3. The molecule has 0 aliphatic heterocycles. The smallest absolute Gasteiger partial charge is 0.339 e. The van der Waals surface area contributed by atoms with Gasteiger partial charge < -0.3 is 19.7 Å². The fourth-order valence-corrected chi connectivity index (χ4v) is 4.14. The van der Waals surface area contributed by atoms with E-state index in [4.69, 9.17) is 9.47 Å². The quantitative estimate of drug-likeness (QED) is 0.310. The minimum absolute atomic E-state index is 0.118. The van der Waals surface area contributed by atoms with Crippen molar-refractivity contribution in [1.82, 2.24) is 13.7 Å². The van der Waals surface area contributed by atoms with Gasteiger partial charge in [-0.15, -0.1) is 6.58 Å². The number of nitrogens with zero attached hydrogens (tertiary/aromatic N) is 3. The van der Waals surface area contributed by atoms with Crippen LogP contribution in [-0.2, 0) is 12.1 Å². The molecule has 2 unspecified atom stereocenters. The summed E-state index contributed by atoms with van der Waals surface area (Å²) in [6.45, 7) is 14.5. The van der Waals surface area contributed by atoms with Crippen LogP contribution in [0.15, 0.2) is 63.4 Å². The van der Waals surface area contributed by atoms with Gasteiger partial charge in [0.15, 0.2) is 6.23 Å². The highest BCUT2D eigenvalue weighted by molar-refractivity contribution is 5.89. The number of rotatable bonds is 13. The SMILES string of the molecule is C=CCn1c(=O)n(C(O)COc2ccc3c(OCC(O)C(C)(C)CC)cccc3c2)c(=O)n(C(C)(C)CC)c1=O. The van der Waals surface area contributed by atoms with Crippen molar-refractivity contribution >= 4 is 10.8 Å². The molecule has 1 heterocycles. The number of hydrogen-bond donors (Lipinski definition) is 2. The summed E-state index contributed by atoms with van der Waals surface area (Å²) >= 11 is 0. The maximum Gasteiger partial charge on any atom is 0.339 e. The first-order valence-electron chi connectivity index (χ1n) is 13.5. The van der Waals surface area contributed by atoms with Crippen molar-refractivity contribution in [1.29, 1.82) is 0 Å². The maximum absolute atomic E-state index is 13.3. The van der Waals surface area contributed by atoms with Gasteiger partial charge in [0.2, 0.25) is 0 Å². The first kappa shape index (κ1) is 30.9. The van der Waals surface area contributed by atoms with Crippen molar-refractivity contribution in [3.63, 3.8) is 0 Å². The van der Waals surface area contributed by atoms with Crippen LogP contribution >= 0.6 is 0 Å². The van der Waals surface area contributed by atoms with Gasteiger partial charge in [0.25, 0.3) is 0 Å². The molecule has 0 amide bonds. The third-order valence-electron chi connectivity index (χ3n) is 7.76. The molecule has 0 fully saturated rings. The number of aliphatic hydroxyl groups excluding tert-OH is 2. The summed E-state index contributed by atoms with van der Waals surface area (Å²) < 4.78 is 14.2. The molecule has 0 radical (unpaired) electrons. The first-order valence-corrected chi connectivity index (χ1v) is 13.5. The normalized spacial score (nSPS) is 13.7. The minimum atomic E-state index is -1.65. The number of ether oxygens (including phenoxy) is 2. The van der Waals surface area contributed by atoms with Crippen LogP contribution in [0.4, 0.5) is 0 Å². The van der Waals surface area contributed by atoms with Gasteiger partial charge in [0.05, 0.1) is 12.6 Å². The van der Waals surface area contributed by atoms with E-state index >= 15 is 0 Å². The molecule has 1 aromatic heterocycles. The highest BCUT2D eigenvalue weighted by Crippen LogP contribution is 2.31. The minimum Gasteiger partial charge on any atom is -0.490 e. The van der Waals surface area contributed by atoms with Gasteiger partial charge in [-0.2, -0.15) is 0 Å². The highest BCUT2D eigenvalue weighted by Gasteiger charge is 2.29. The first-order chi connectivity index (χ1) is 18.8. The Morgan fingerprint density at radius 2 is 1.62 bits per heavy atom. The second-order valence-corrected chi connectivity index (χ2v) is 11.2. The largest absolute Gasteiger partial charge is 0.490 e. The summed E-state index contributed by atoms with van der Waals surface area (Å²) in [6, 6.07) is 10.8. The summed E-state index contributed by atoms with van der Waals surface area (Å²) in [7, 11) is 0. The van der Waals surface area contributed by atoms with E-state index in [9.17, 15) is 24.6 Å². The lowest BCUT2D eigenvalue weighted by atomic mass is 9.84. The van der Waals surface area contributed by atoms with Crippen molar-refractivity contribution < 1.29 is 19.7 Å². The van der Waals surface area contributed by atoms with Gasteiger partial charge in [-0.3, -0.25) is 0 Å². The van der Waals surface area contributed by atoms with Gasteiger partial charge in [-0.05, 0) is 61.8 Å². The molecular weight excluding hydrogens is 514 g/mol. The monoisotopic (exact) mass is 555 g/mol. The third kappa shape index (κ3) is 6.23. The van der Waals surface area contributed by atoms with E-state index in [1.54, 1.807) is 32.0 Å². The standard InChI is InChI=1S/C30H41N3O7/c1-8-16-31-26(36)32(28(38)33(27(31)37)30(6,7)10-3)25(35)19-39-21-14-15-22-20(17-21)12-11-13-23(22)40-18-24(34)29(4,5)9-2/h8,11-15,17,24-25,34-35H,1,9-10,16,18-19H2,2-7H3. The highest BCUT2D eigenvalue weighted by atomic mass is 16.5. The molecule has 3 aromatic rings. The molecule has 10 heteroatoms. The molecule has 218 valence electrons. The lowest BCUT2D eigenvalue weighted by molar-refractivity contribution is 0.0101. The van der Waals surface area contributed by atoms with Crippen molar-refractivity contribution in [2.24, 2.45) is 5.41 Å². The van der Waals surface area contributed by atoms with Crippen molar-refractivity contribution in [2.45, 2.75) is 78.8 Å². The van der Waals surface area contributed by atoms with Gasteiger partial charge in [0, 0.05) is 10.9 Å². The molecule has 10 nitrogen and oxygen atoms in total. The number of aliphatic hydroxyl groups is 2. The van der Waals surface area contributed by atoms with E-state index in [1.165, 1.54) is 6.08 Å². The maximum atomic E-state index is 13.3. The van der Waals surface area contributed by atoms with Crippen LogP contribution in [0.1, 0.15) is 60.6 Å². The van der Waals surface area contributed by atoms with Crippen LogP contribution < -0.4 is 26.5 Å². The molecule has 40 heavy (non-hydrogen) atoms. The molecule has 0 saturated heterocycles. The molecule has 2 atom stereocenters. The zero-order valence-corrected chi connectivity index (χ0v) is 24.2. The molecule has 0 bridgehead atoms. The second kappa shape index (κ2) is 12.3. The third-order valence-corrected chi connectivity index (χ3v) is 7.76. The van der Waals surface area contributed by atoms with Crippen molar-refractivity contribution in [2.75, 3.05) is 13.2 Å². The Morgan fingerprint density at radius 3 is 2.25 bits per heavy atom. The molecule has 2 N–H and O–H groups in total. The van der Waals surface area contributed by atoms with Crippen molar-refractivity contribution in [3.8, 4) is 11.5 Å². The van der Waals surface area contributed by atoms with E-state index < -0.39 is 41.5 Å². The average molecular weight is 556 g/mol. The Balaban J connectivity index is 1.88. The van der Waals surface area contributed by atoms with E-state index in [0.717, 1.165) is 26.3 Å². The van der Waals surface area contributed by atoms with E-state index in [-0.39, 0.29) is 18.6 Å². The predicted molar refractivity (Wildman–Crippen MR) is 155 cm³/mol. The Labute approximate surface area is 233 Å². The zero-order chi connectivity index (χ0) is 29.8. The predicted octanol–water partition coefficient (Wildman–Crippen LogP) is 3.40. The van der Waals surface area contributed by atoms with Gasteiger partial charge in [0.1, 0.15) is 24.7 Å². The fraction of sp³-hybridized carbons (Fsp3) is 0.500. The zero-order valence-electron chi connectivity index (χ0n) is 24.2. The van der Waals surface area contributed by atoms with Crippen LogP contribution in [0.5, 0.6) is 11.5 Å². The van der Waals surface area contributed by atoms with E-state index in [2.05, 4.69) is 6.58 Å². The van der Waals surface area contributed by atoms with E-state index in [1.807, 2.05) is 45.9 Å². The lowest BCUT2D eigenvalue weighted by Crippen LogP contribution is -2.60. The van der Waals surface area contributed by atoms with Crippen LogP contribution in [0, 0.1) is 5.41 Å². The summed E-state index contributed by atoms with van der Waals surface area (Å²) in [5, 5.41) is 23.0. The number of allylic oxidation sites excluding steroid dienone is 1. The second-order valence-electron chi connectivity index (χ2n) is 11.2.